The first-order valence-corrected chi connectivity index (χ1v) is 9.01. The summed E-state index contributed by atoms with van der Waals surface area (Å²) in [5.41, 5.74) is 5.29. The molecule has 3 aromatic carbocycles. The van der Waals surface area contributed by atoms with Crippen LogP contribution in [0.4, 0.5) is 0 Å². The van der Waals surface area contributed by atoms with Gasteiger partial charge in [0.15, 0.2) is 0 Å². The first-order chi connectivity index (χ1) is 12.4. The molecule has 2 atom stereocenters. The van der Waals surface area contributed by atoms with Crippen molar-refractivity contribution in [3.63, 3.8) is 0 Å². The Morgan fingerprint density at radius 3 is 1.84 bits per heavy atom. The van der Waals surface area contributed by atoms with Crippen molar-refractivity contribution in [3.05, 3.63) is 114 Å². The van der Waals surface area contributed by atoms with Crippen LogP contribution in [0.2, 0.25) is 0 Å². The minimum absolute atomic E-state index is 0.603. The van der Waals surface area contributed by atoms with Crippen LogP contribution < -0.4 is 5.32 Å². The summed E-state index contributed by atoms with van der Waals surface area (Å²) in [5.74, 6) is 0.673. The highest BCUT2D eigenvalue weighted by Gasteiger charge is 2.37. The van der Waals surface area contributed by atoms with Crippen molar-refractivity contribution in [1.82, 2.24) is 5.32 Å². The second kappa shape index (κ2) is 7.50. The third-order valence-electron chi connectivity index (χ3n) is 4.87. The monoisotopic (exact) mass is 325 g/mol. The highest BCUT2D eigenvalue weighted by molar-refractivity contribution is 5.79. The largest absolute Gasteiger partial charge is 0.310 e. The summed E-state index contributed by atoms with van der Waals surface area (Å²) < 4.78 is 0. The molecule has 0 heterocycles. The SMILES string of the molecule is C(CNC1C[C@H]1c1ccccc1)=C(c1ccccc1)c1ccccc1. The molecule has 0 aliphatic heterocycles. The van der Waals surface area contributed by atoms with Gasteiger partial charge in [-0.2, -0.15) is 0 Å². The van der Waals surface area contributed by atoms with Crippen LogP contribution in [0.3, 0.4) is 0 Å². The number of nitrogens with one attached hydrogen (secondary N) is 1. The Bertz CT molecular complexity index is 780. The van der Waals surface area contributed by atoms with E-state index in [1.807, 2.05) is 0 Å². The van der Waals surface area contributed by atoms with E-state index in [9.17, 15) is 0 Å². The molecule has 3 aromatic rings. The van der Waals surface area contributed by atoms with Crippen LogP contribution in [0, 0.1) is 0 Å². The van der Waals surface area contributed by atoms with Crippen LogP contribution in [-0.2, 0) is 0 Å². The van der Waals surface area contributed by atoms with E-state index in [4.69, 9.17) is 0 Å². The zero-order valence-electron chi connectivity index (χ0n) is 14.3. The fourth-order valence-corrected chi connectivity index (χ4v) is 3.44. The molecular weight excluding hydrogens is 302 g/mol. The summed E-state index contributed by atoms with van der Waals surface area (Å²) >= 11 is 0. The summed E-state index contributed by atoms with van der Waals surface area (Å²) in [7, 11) is 0. The zero-order valence-corrected chi connectivity index (χ0v) is 14.3. The van der Waals surface area contributed by atoms with E-state index in [-0.39, 0.29) is 0 Å². The summed E-state index contributed by atoms with van der Waals surface area (Å²) in [6.07, 6.45) is 3.56. The fraction of sp³-hybridized carbons (Fsp3) is 0.167. The molecule has 1 saturated carbocycles. The summed E-state index contributed by atoms with van der Waals surface area (Å²) in [6.45, 7) is 0.896. The molecule has 1 unspecified atom stereocenters. The van der Waals surface area contributed by atoms with Gasteiger partial charge in [-0.15, -0.1) is 0 Å². The second-order valence-electron chi connectivity index (χ2n) is 6.62. The number of benzene rings is 3. The van der Waals surface area contributed by atoms with E-state index < -0.39 is 0 Å². The number of rotatable bonds is 6. The van der Waals surface area contributed by atoms with E-state index in [1.165, 1.54) is 28.7 Å². The lowest BCUT2D eigenvalue weighted by molar-refractivity contribution is 0.733. The van der Waals surface area contributed by atoms with Crippen LogP contribution in [0.15, 0.2) is 97.1 Å². The predicted octanol–water partition coefficient (Wildman–Crippen LogP) is 5.26. The molecule has 1 aliphatic carbocycles. The van der Waals surface area contributed by atoms with Gasteiger partial charge in [0, 0.05) is 18.5 Å². The fourth-order valence-electron chi connectivity index (χ4n) is 3.44. The van der Waals surface area contributed by atoms with Crippen molar-refractivity contribution in [2.45, 2.75) is 18.4 Å². The lowest BCUT2D eigenvalue weighted by Crippen LogP contribution is -2.18. The van der Waals surface area contributed by atoms with Gasteiger partial charge in [0.05, 0.1) is 0 Å². The highest BCUT2D eigenvalue weighted by atomic mass is 15.0. The smallest absolute Gasteiger partial charge is 0.0147 e. The van der Waals surface area contributed by atoms with Gasteiger partial charge in [-0.1, -0.05) is 97.1 Å². The minimum atomic E-state index is 0.603. The average molecular weight is 325 g/mol. The molecule has 0 amide bonds. The summed E-state index contributed by atoms with van der Waals surface area (Å²) in [4.78, 5) is 0. The molecular formula is C24H23N. The van der Waals surface area contributed by atoms with Crippen molar-refractivity contribution in [2.75, 3.05) is 6.54 Å². The Balaban J connectivity index is 1.46. The van der Waals surface area contributed by atoms with Crippen LogP contribution in [-0.4, -0.2) is 12.6 Å². The molecule has 0 radical (unpaired) electrons. The van der Waals surface area contributed by atoms with Gasteiger partial charge >= 0.3 is 0 Å². The molecule has 0 saturated heterocycles. The van der Waals surface area contributed by atoms with Crippen molar-refractivity contribution < 1.29 is 0 Å². The summed E-state index contributed by atoms with van der Waals surface area (Å²) in [6, 6.07) is 32.7. The molecule has 0 aromatic heterocycles. The lowest BCUT2D eigenvalue weighted by atomic mass is 9.97. The first-order valence-electron chi connectivity index (χ1n) is 9.01. The molecule has 0 bridgehead atoms. The van der Waals surface area contributed by atoms with Gasteiger partial charge in [-0.25, -0.2) is 0 Å². The maximum Gasteiger partial charge on any atom is 0.0147 e. The van der Waals surface area contributed by atoms with Gasteiger partial charge < -0.3 is 5.32 Å². The van der Waals surface area contributed by atoms with Crippen LogP contribution in [0.25, 0.3) is 5.57 Å². The minimum Gasteiger partial charge on any atom is -0.310 e. The van der Waals surface area contributed by atoms with Crippen molar-refractivity contribution >= 4 is 5.57 Å². The molecule has 1 N–H and O–H groups in total. The lowest BCUT2D eigenvalue weighted by Gasteiger charge is -2.09. The number of hydrogen-bond acceptors (Lipinski definition) is 1. The number of hydrogen-bond donors (Lipinski definition) is 1. The second-order valence-corrected chi connectivity index (χ2v) is 6.62. The van der Waals surface area contributed by atoms with E-state index in [0.29, 0.717) is 12.0 Å². The van der Waals surface area contributed by atoms with Crippen molar-refractivity contribution in [1.29, 1.82) is 0 Å². The molecule has 1 heteroatoms. The Labute approximate surface area is 150 Å². The highest BCUT2D eigenvalue weighted by Crippen LogP contribution is 2.40. The zero-order chi connectivity index (χ0) is 16.9. The topological polar surface area (TPSA) is 12.0 Å². The van der Waals surface area contributed by atoms with Crippen molar-refractivity contribution in [3.8, 4) is 0 Å². The molecule has 25 heavy (non-hydrogen) atoms. The van der Waals surface area contributed by atoms with E-state index in [2.05, 4.69) is 102 Å². The molecule has 1 aliphatic rings. The summed E-state index contributed by atoms with van der Waals surface area (Å²) in [5, 5.41) is 3.70. The quantitative estimate of drug-likeness (QED) is 0.651. The Kier molecular flexibility index (Phi) is 4.76. The normalized spacial score (nSPS) is 18.6. The van der Waals surface area contributed by atoms with E-state index in [1.54, 1.807) is 0 Å². The Hall–Kier alpha value is -2.64. The Morgan fingerprint density at radius 1 is 0.760 bits per heavy atom. The van der Waals surface area contributed by atoms with Crippen molar-refractivity contribution in [2.24, 2.45) is 0 Å². The van der Waals surface area contributed by atoms with Gasteiger partial charge in [-0.05, 0) is 28.7 Å². The molecule has 124 valence electrons. The average Bonchev–Trinajstić information content (AvgIpc) is 3.47. The third-order valence-corrected chi connectivity index (χ3v) is 4.87. The maximum atomic E-state index is 3.70. The standard InChI is InChI=1S/C24H23N/c1-4-10-19(11-5-1)22(20-12-6-2-7-13-20)16-17-25-24-18-23(24)21-14-8-3-9-15-21/h1-16,23-25H,17-18H2/t23-,24?/m0/s1. The van der Waals surface area contributed by atoms with Crippen LogP contribution >= 0.6 is 0 Å². The van der Waals surface area contributed by atoms with Crippen LogP contribution in [0.5, 0.6) is 0 Å². The van der Waals surface area contributed by atoms with E-state index in [0.717, 1.165) is 6.54 Å². The van der Waals surface area contributed by atoms with Crippen LogP contribution in [0.1, 0.15) is 29.0 Å². The van der Waals surface area contributed by atoms with Gasteiger partial charge in [0.2, 0.25) is 0 Å². The Morgan fingerprint density at radius 2 is 1.28 bits per heavy atom. The third kappa shape index (κ3) is 3.89. The van der Waals surface area contributed by atoms with Gasteiger partial charge in [-0.3, -0.25) is 0 Å². The molecule has 1 fully saturated rings. The predicted molar refractivity (Wildman–Crippen MR) is 106 cm³/mol. The maximum absolute atomic E-state index is 3.70. The van der Waals surface area contributed by atoms with Gasteiger partial charge in [0.1, 0.15) is 0 Å². The van der Waals surface area contributed by atoms with E-state index >= 15 is 0 Å². The van der Waals surface area contributed by atoms with Gasteiger partial charge in [0.25, 0.3) is 0 Å². The molecule has 4 rings (SSSR count). The first kappa shape index (κ1) is 15.9. The molecule has 0 spiro atoms. The molecule has 1 nitrogen and oxygen atoms in total.